The van der Waals surface area contributed by atoms with Crippen LogP contribution in [-0.4, -0.2) is 5.54 Å². The van der Waals surface area contributed by atoms with E-state index in [-0.39, 0.29) is 5.54 Å². The van der Waals surface area contributed by atoms with Crippen molar-refractivity contribution in [2.75, 3.05) is 0 Å². The summed E-state index contributed by atoms with van der Waals surface area (Å²) in [6.07, 6.45) is 7.22. The molecule has 1 atom stereocenters. The Morgan fingerprint density at radius 1 is 1.11 bits per heavy atom. The lowest BCUT2D eigenvalue weighted by Crippen LogP contribution is -2.41. The predicted molar refractivity (Wildman–Crippen MR) is 78.7 cm³/mol. The Labute approximate surface area is 112 Å². The molecule has 0 aromatic heterocycles. The van der Waals surface area contributed by atoms with Crippen LogP contribution in [0.3, 0.4) is 0 Å². The minimum absolute atomic E-state index is 0.0154. The number of benzene rings is 1. The first kappa shape index (κ1) is 13.6. The Morgan fingerprint density at radius 3 is 2.61 bits per heavy atom. The summed E-state index contributed by atoms with van der Waals surface area (Å²) in [7, 11) is 0. The number of nitrogens with two attached hydrogens (primary N) is 1. The van der Waals surface area contributed by atoms with E-state index in [1.54, 1.807) is 0 Å². The van der Waals surface area contributed by atoms with Crippen molar-refractivity contribution in [1.82, 2.24) is 0 Å². The highest BCUT2D eigenvalue weighted by molar-refractivity contribution is 5.24. The van der Waals surface area contributed by atoms with Gasteiger partial charge in [0.05, 0.1) is 0 Å². The van der Waals surface area contributed by atoms with Gasteiger partial charge in [-0.25, -0.2) is 0 Å². The summed E-state index contributed by atoms with van der Waals surface area (Å²) in [6.45, 7) is 6.92. The summed E-state index contributed by atoms with van der Waals surface area (Å²) in [5.74, 6) is 0. The van der Waals surface area contributed by atoms with Gasteiger partial charge < -0.3 is 5.73 Å². The van der Waals surface area contributed by atoms with E-state index in [1.165, 1.54) is 36.8 Å². The molecule has 0 radical (unpaired) electrons. The van der Waals surface area contributed by atoms with Gasteiger partial charge in [-0.1, -0.05) is 50.1 Å². The molecule has 2 rings (SSSR count). The van der Waals surface area contributed by atoms with E-state index in [0.717, 1.165) is 12.8 Å². The molecule has 1 saturated carbocycles. The summed E-state index contributed by atoms with van der Waals surface area (Å²) in [6, 6.07) is 8.81. The van der Waals surface area contributed by atoms with Gasteiger partial charge in [-0.3, -0.25) is 0 Å². The zero-order valence-corrected chi connectivity index (χ0v) is 12.1. The third-order valence-corrected chi connectivity index (χ3v) is 4.47. The van der Waals surface area contributed by atoms with E-state index in [0.29, 0.717) is 5.41 Å². The first-order chi connectivity index (χ1) is 8.39. The largest absolute Gasteiger partial charge is 0.325 e. The van der Waals surface area contributed by atoms with E-state index in [4.69, 9.17) is 5.73 Å². The van der Waals surface area contributed by atoms with E-state index in [2.05, 4.69) is 45.0 Å². The number of aryl methyl sites for hydroxylation is 1. The van der Waals surface area contributed by atoms with Crippen molar-refractivity contribution in [3.05, 3.63) is 35.4 Å². The molecule has 0 bridgehead atoms. The molecule has 1 nitrogen and oxygen atoms in total. The molecule has 1 aliphatic carbocycles. The molecule has 1 heteroatoms. The van der Waals surface area contributed by atoms with Crippen molar-refractivity contribution in [2.24, 2.45) is 11.1 Å². The quantitative estimate of drug-likeness (QED) is 0.775. The second-order valence-corrected chi connectivity index (χ2v) is 7.05. The molecule has 0 amide bonds. The second kappa shape index (κ2) is 5.05. The highest BCUT2D eigenvalue weighted by Crippen LogP contribution is 2.38. The number of hydrogen-bond acceptors (Lipinski definition) is 1. The molecule has 0 heterocycles. The lowest BCUT2D eigenvalue weighted by molar-refractivity contribution is 0.297. The Balaban J connectivity index is 2.07. The van der Waals surface area contributed by atoms with Gasteiger partial charge in [0.25, 0.3) is 0 Å². The van der Waals surface area contributed by atoms with Gasteiger partial charge in [0.15, 0.2) is 0 Å². The molecule has 1 fully saturated rings. The Bertz CT molecular complexity index is 408. The van der Waals surface area contributed by atoms with Crippen LogP contribution in [0, 0.1) is 12.3 Å². The van der Waals surface area contributed by atoms with Crippen LogP contribution in [0.5, 0.6) is 0 Å². The third kappa shape index (κ3) is 3.58. The first-order valence-electron chi connectivity index (χ1n) is 7.23. The Hall–Kier alpha value is -0.820. The van der Waals surface area contributed by atoms with Crippen LogP contribution in [0.25, 0.3) is 0 Å². The lowest BCUT2D eigenvalue weighted by Gasteiger charge is -2.29. The molecule has 1 unspecified atom stereocenters. The normalized spacial score (nSPS) is 27.8. The van der Waals surface area contributed by atoms with Crippen molar-refractivity contribution in [1.29, 1.82) is 0 Å². The summed E-state index contributed by atoms with van der Waals surface area (Å²) >= 11 is 0. The minimum Gasteiger partial charge on any atom is -0.325 e. The SMILES string of the molecule is Cc1cccc(CC2(N)CCCC(C)(C)CC2)c1. The fourth-order valence-electron chi connectivity index (χ4n) is 3.16. The summed E-state index contributed by atoms with van der Waals surface area (Å²) in [5, 5.41) is 0. The average Bonchev–Trinajstić information content (AvgIpc) is 2.38. The zero-order chi connectivity index (χ0) is 13.2. The zero-order valence-electron chi connectivity index (χ0n) is 12.1. The van der Waals surface area contributed by atoms with Crippen LogP contribution in [0.4, 0.5) is 0 Å². The van der Waals surface area contributed by atoms with Crippen LogP contribution in [0.2, 0.25) is 0 Å². The van der Waals surface area contributed by atoms with Gasteiger partial charge in [0, 0.05) is 5.54 Å². The molecule has 2 N–H and O–H groups in total. The molecule has 100 valence electrons. The number of hydrogen-bond donors (Lipinski definition) is 1. The molecular weight excluding hydrogens is 218 g/mol. The van der Waals surface area contributed by atoms with Gasteiger partial charge in [0.1, 0.15) is 0 Å². The van der Waals surface area contributed by atoms with Crippen LogP contribution in [0.1, 0.15) is 57.1 Å². The summed E-state index contributed by atoms with van der Waals surface area (Å²) in [4.78, 5) is 0. The maximum atomic E-state index is 6.66. The molecule has 18 heavy (non-hydrogen) atoms. The fraction of sp³-hybridized carbons (Fsp3) is 0.647. The molecule has 1 aliphatic rings. The molecule has 0 saturated heterocycles. The monoisotopic (exact) mass is 245 g/mol. The van der Waals surface area contributed by atoms with Gasteiger partial charge in [0.2, 0.25) is 0 Å². The Kier molecular flexibility index (Phi) is 3.82. The highest BCUT2D eigenvalue weighted by atomic mass is 14.7. The van der Waals surface area contributed by atoms with Crippen molar-refractivity contribution in [2.45, 2.75) is 64.8 Å². The molecule has 0 spiro atoms. The number of rotatable bonds is 2. The second-order valence-electron chi connectivity index (χ2n) is 7.05. The first-order valence-corrected chi connectivity index (χ1v) is 7.23. The van der Waals surface area contributed by atoms with Crippen LogP contribution in [0.15, 0.2) is 24.3 Å². The van der Waals surface area contributed by atoms with Crippen LogP contribution >= 0.6 is 0 Å². The van der Waals surface area contributed by atoms with Gasteiger partial charge in [-0.2, -0.15) is 0 Å². The fourth-order valence-corrected chi connectivity index (χ4v) is 3.16. The van der Waals surface area contributed by atoms with Crippen LogP contribution in [-0.2, 0) is 6.42 Å². The third-order valence-electron chi connectivity index (χ3n) is 4.47. The maximum Gasteiger partial charge on any atom is 0.0195 e. The van der Waals surface area contributed by atoms with Gasteiger partial charge in [-0.05, 0) is 50.0 Å². The van der Waals surface area contributed by atoms with E-state index in [1.807, 2.05) is 0 Å². The van der Waals surface area contributed by atoms with E-state index < -0.39 is 0 Å². The van der Waals surface area contributed by atoms with Gasteiger partial charge in [-0.15, -0.1) is 0 Å². The lowest BCUT2D eigenvalue weighted by atomic mass is 9.81. The van der Waals surface area contributed by atoms with Crippen molar-refractivity contribution < 1.29 is 0 Å². The summed E-state index contributed by atoms with van der Waals surface area (Å²) < 4.78 is 0. The van der Waals surface area contributed by atoms with Crippen molar-refractivity contribution in [3.8, 4) is 0 Å². The Morgan fingerprint density at radius 2 is 1.89 bits per heavy atom. The molecule has 1 aromatic rings. The summed E-state index contributed by atoms with van der Waals surface area (Å²) in [5.41, 5.74) is 9.90. The predicted octanol–water partition coefficient (Wildman–Crippen LogP) is 4.23. The molecule has 0 aliphatic heterocycles. The maximum absolute atomic E-state index is 6.66. The van der Waals surface area contributed by atoms with Gasteiger partial charge >= 0.3 is 0 Å². The molecule has 1 aromatic carbocycles. The van der Waals surface area contributed by atoms with Crippen LogP contribution < -0.4 is 5.73 Å². The standard InChI is InChI=1S/C17H27N/c1-14-6-4-7-15(12-14)13-17(18)9-5-8-16(2,3)10-11-17/h4,6-7,12H,5,8-11,13,18H2,1-3H3. The average molecular weight is 245 g/mol. The smallest absolute Gasteiger partial charge is 0.0195 e. The van der Waals surface area contributed by atoms with Crippen molar-refractivity contribution >= 4 is 0 Å². The van der Waals surface area contributed by atoms with E-state index in [9.17, 15) is 0 Å². The van der Waals surface area contributed by atoms with E-state index >= 15 is 0 Å². The topological polar surface area (TPSA) is 26.0 Å². The molecular formula is C17H27N. The minimum atomic E-state index is 0.0154. The van der Waals surface area contributed by atoms with Crippen molar-refractivity contribution in [3.63, 3.8) is 0 Å². The highest BCUT2D eigenvalue weighted by Gasteiger charge is 2.32.